The lowest BCUT2D eigenvalue weighted by Gasteiger charge is -2.28. The lowest BCUT2D eigenvalue weighted by molar-refractivity contribution is -0.142. The Bertz CT molecular complexity index is 1030. The van der Waals surface area contributed by atoms with Crippen molar-refractivity contribution in [3.8, 4) is 6.07 Å². The second-order valence-corrected chi connectivity index (χ2v) is 8.48. The number of aromatic carboxylic acids is 1. The molecule has 2 aromatic carbocycles. The molecule has 0 aliphatic heterocycles. The summed E-state index contributed by atoms with van der Waals surface area (Å²) in [5.41, 5.74) is 1.66. The number of carboxylic acid groups (broad SMARTS) is 1. The van der Waals surface area contributed by atoms with E-state index in [1.807, 2.05) is 50.2 Å². The number of carbonyl (C=O) groups is 3. The number of amides is 2. The average Bonchev–Trinajstić information content (AvgIpc) is 2.84. The molecule has 2 N–H and O–H groups in total. The van der Waals surface area contributed by atoms with Crippen molar-refractivity contribution in [2.24, 2.45) is 5.92 Å². The quantitative estimate of drug-likeness (QED) is 0.474. The average molecular weight is 482 g/mol. The summed E-state index contributed by atoms with van der Waals surface area (Å²) in [7, 11) is 1.46. The Balaban J connectivity index is 1.95. The van der Waals surface area contributed by atoms with Gasteiger partial charge in [-0.3, -0.25) is 4.79 Å². The van der Waals surface area contributed by atoms with Gasteiger partial charge in [0.25, 0.3) is 5.91 Å². The predicted molar refractivity (Wildman–Crippen MR) is 128 cm³/mol. The Morgan fingerprint density at radius 1 is 1.09 bits per heavy atom. The fourth-order valence-corrected chi connectivity index (χ4v) is 3.27. The van der Waals surface area contributed by atoms with Crippen LogP contribution in [0.5, 0.6) is 0 Å². The molecule has 0 radical (unpaired) electrons. The number of nitrogens with one attached hydrogen (secondary N) is 1. The zero-order valence-electron chi connectivity index (χ0n) is 20.1. The van der Waals surface area contributed by atoms with Crippen LogP contribution in [0.2, 0.25) is 0 Å². The highest BCUT2D eigenvalue weighted by atomic mass is 16.6. The predicted octanol–water partition coefficient (Wildman–Crippen LogP) is 3.59. The highest BCUT2D eigenvalue weighted by molar-refractivity contribution is 5.87. The third kappa shape index (κ3) is 9.10. The van der Waals surface area contributed by atoms with Crippen LogP contribution in [-0.4, -0.2) is 53.8 Å². The third-order valence-corrected chi connectivity index (χ3v) is 5.17. The highest BCUT2D eigenvalue weighted by Crippen LogP contribution is 2.14. The van der Waals surface area contributed by atoms with Gasteiger partial charge >= 0.3 is 12.1 Å². The van der Waals surface area contributed by atoms with E-state index in [0.29, 0.717) is 12.0 Å². The topological polar surface area (TPSA) is 129 Å². The van der Waals surface area contributed by atoms with Crippen LogP contribution in [0.25, 0.3) is 0 Å². The summed E-state index contributed by atoms with van der Waals surface area (Å²) >= 11 is 0. The van der Waals surface area contributed by atoms with Gasteiger partial charge in [-0.05, 0) is 35.6 Å². The standard InChI is InChI=1S/C26H31N3O6/c1-18(2)12-23(35-26(33)28-15-19-8-5-4-6-9-19)24(30)29(3)22(14-27)17-34-16-20-10-7-11-21(13-20)25(31)32/h4-11,13,18,22-23H,12,15-17H2,1-3H3,(H,28,33)(H,31,32)/t22-,23+/m1/s1. The van der Waals surface area contributed by atoms with Crippen LogP contribution in [0.4, 0.5) is 4.79 Å². The van der Waals surface area contributed by atoms with Gasteiger partial charge in [0.2, 0.25) is 0 Å². The summed E-state index contributed by atoms with van der Waals surface area (Å²) < 4.78 is 11.0. The number of carboxylic acids is 1. The molecule has 2 atom stereocenters. The van der Waals surface area contributed by atoms with Gasteiger partial charge in [-0.2, -0.15) is 5.26 Å². The van der Waals surface area contributed by atoms with Crippen molar-refractivity contribution >= 4 is 18.0 Å². The first-order valence-electron chi connectivity index (χ1n) is 11.3. The third-order valence-electron chi connectivity index (χ3n) is 5.17. The summed E-state index contributed by atoms with van der Waals surface area (Å²) in [6, 6.07) is 16.7. The second-order valence-electron chi connectivity index (χ2n) is 8.48. The number of carbonyl (C=O) groups excluding carboxylic acids is 2. The van der Waals surface area contributed by atoms with E-state index in [1.54, 1.807) is 12.1 Å². The number of hydrogen-bond donors (Lipinski definition) is 2. The maximum atomic E-state index is 13.1. The van der Waals surface area contributed by atoms with Crippen LogP contribution >= 0.6 is 0 Å². The van der Waals surface area contributed by atoms with Crippen LogP contribution in [-0.2, 0) is 27.4 Å². The van der Waals surface area contributed by atoms with Gasteiger partial charge < -0.3 is 24.8 Å². The highest BCUT2D eigenvalue weighted by Gasteiger charge is 2.30. The molecule has 0 saturated carbocycles. The number of ether oxygens (including phenoxy) is 2. The summed E-state index contributed by atoms with van der Waals surface area (Å²) in [4.78, 5) is 37.8. The first kappa shape index (κ1) is 27.3. The normalized spacial score (nSPS) is 12.3. The number of nitriles is 1. The molecule has 0 bridgehead atoms. The Labute approximate surface area is 205 Å². The fourth-order valence-electron chi connectivity index (χ4n) is 3.27. The molecule has 2 aromatic rings. The van der Waals surface area contributed by atoms with Crippen LogP contribution in [0.3, 0.4) is 0 Å². The Kier molecular flexibility index (Phi) is 10.7. The molecule has 0 aliphatic rings. The molecule has 0 aromatic heterocycles. The fraction of sp³-hybridized carbons (Fsp3) is 0.385. The van der Waals surface area contributed by atoms with Crippen molar-refractivity contribution in [3.63, 3.8) is 0 Å². The smallest absolute Gasteiger partial charge is 0.408 e. The maximum Gasteiger partial charge on any atom is 0.408 e. The molecule has 9 heteroatoms. The molecular weight excluding hydrogens is 450 g/mol. The van der Waals surface area contributed by atoms with E-state index < -0.39 is 30.1 Å². The van der Waals surface area contributed by atoms with Crippen molar-refractivity contribution in [1.29, 1.82) is 5.26 Å². The minimum absolute atomic E-state index is 0.0672. The van der Waals surface area contributed by atoms with E-state index in [-0.39, 0.29) is 31.2 Å². The lowest BCUT2D eigenvalue weighted by Crippen LogP contribution is -2.47. The van der Waals surface area contributed by atoms with E-state index in [4.69, 9.17) is 14.6 Å². The first-order valence-corrected chi connectivity index (χ1v) is 11.3. The first-order chi connectivity index (χ1) is 16.7. The zero-order valence-corrected chi connectivity index (χ0v) is 20.1. The van der Waals surface area contributed by atoms with Gasteiger partial charge in [0, 0.05) is 13.6 Å². The van der Waals surface area contributed by atoms with E-state index in [9.17, 15) is 19.6 Å². The van der Waals surface area contributed by atoms with Gasteiger partial charge in [0.1, 0.15) is 6.04 Å². The van der Waals surface area contributed by atoms with Crippen LogP contribution in [0.15, 0.2) is 54.6 Å². The zero-order chi connectivity index (χ0) is 25.8. The molecule has 35 heavy (non-hydrogen) atoms. The monoisotopic (exact) mass is 481 g/mol. The molecule has 0 saturated heterocycles. The summed E-state index contributed by atoms with van der Waals surface area (Å²) in [5, 5.41) is 21.3. The van der Waals surface area contributed by atoms with Crippen LogP contribution < -0.4 is 5.32 Å². The molecule has 0 heterocycles. The lowest BCUT2D eigenvalue weighted by atomic mass is 10.0. The van der Waals surface area contributed by atoms with Crippen molar-refractivity contribution in [1.82, 2.24) is 10.2 Å². The molecule has 0 aliphatic carbocycles. The number of benzene rings is 2. The number of alkyl carbamates (subject to hydrolysis) is 1. The Morgan fingerprint density at radius 3 is 2.40 bits per heavy atom. The molecule has 0 spiro atoms. The largest absolute Gasteiger partial charge is 0.478 e. The second kappa shape index (κ2) is 13.7. The SMILES string of the molecule is CC(C)C[C@H](OC(=O)NCc1ccccc1)C(=O)N(C)[C@H](C#N)COCc1cccc(C(=O)O)c1. The van der Waals surface area contributed by atoms with Gasteiger partial charge in [-0.1, -0.05) is 56.3 Å². The summed E-state index contributed by atoms with van der Waals surface area (Å²) in [6.07, 6.45) is -1.48. The molecule has 2 rings (SSSR count). The molecular formula is C26H31N3O6. The molecule has 0 unspecified atom stereocenters. The summed E-state index contributed by atoms with van der Waals surface area (Å²) in [5.74, 6) is -1.48. The number of rotatable bonds is 12. The van der Waals surface area contributed by atoms with Gasteiger partial charge in [0.05, 0.1) is 24.8 Å². The van der Waals surface area contributed by atoms with E-state index in [1.165, 1.54) is 24.1 Å². The Morgan fingerprint density at radius 2 is 1.77 bits per heavy atom. The van der Waals surface area contributed by atoms with Crippen molar-refractivity contribution in [2.75, 3.05) is 13.7 Å². The number of nitrogens with zero attached hydrogens (tertiary/aromatic N) is 2. The minimum Gasteiger partial charge on any atom is -0.478 e. The molecule has 2 amide bonds. The van der Waals surface area contributed by atoms with E-state index in [0.717, 1.165) is 5.56 Å². The van der Waals surface area contributed by atoms with Gasteiger partial charge in [-0.15, -0.1) is 0 Å². The number of hydrogen-bond acceptors (Lipinski definition) is 6. The molecule has 9 nitrogen and oxygen atoms in total. The molecule has 0 fully saturated rings. The summed E-state index contributed by atoms with van der Waals surface area (Å²) in [6.45, 7) is 4.05. The molecule has 186 valence electrons. The Hall–Kier alpha value is -3.90. The van der Waals surface area contributed by atoms with Crippen molar-refractivity contribution in [3.05, 3.63) is 71.3 Å². The van der Waals surface area contributed by atoms with Crippen LogP contribution in [0, 0.1) is 17.2 Å². The van der Waals surface area contributed by atoms with Crippen molar-refractivity contribution < 1.29 is 29.0 Å². The minimum atomic E-state index is -1.06. The maximum absolute atomic E-state index is 13.1. The van der Waals surface area contributed by atoms with Crippen LogP contribution in [0.1, 0.15) is 41.8 Å². The van der Waals surface area contributed by atoms with Crippen molar-refractivity contribution in [2.45, 2.75) is 45.6 Å². The number of likely N-dealkylation sites (N-methyl/N-ethyl adjacent to an activating group) is 1. The van der Waals surface area contributed by atoms with E-state index >= 15 is 0 Å². The van der Waals surface area contributed by atoms with Gasteiger partial charge in [0.15, 0.2) is 6.10 Å². The van der Waals surface area contributed by atoms with Gasteiger partial charge in [-0.25, -0.2) is 9.59 Å². The van der Waals surface area contributed by atoms with E-state index in [2.05, 4.69) is 5.32 Å².